The number of nitrogens with zero attached hydrogens (tertiary/aromatic N) is 3. The van der Waals surface area contributed by atoms with Crippen molar-refractivity contribution < 1.29 is 4.39 Å². The molecule has 1 aromatic heterocycles. The van der Waals surface area contributed by atoms with Crippen LogP contribution in [-0.2, 0) is 6.54 Å². The van der Waals surface area contributed by atoms with Gasteiger partial charge < -0.3 is 4.90 Å². The van der Waals surface area contributed by atoms with Gasteiger partial charge in [-0.1, -0.05) is 12.1 Å². The first-order chi connectivity index (χ1) is 12.4. The van der Waals surface area contributed by atoms with Gasteiger partial charge in [-0.2, -0.15) is 0 Å². The predicted octanol–water partition coefficient (Wildman–Crippen LogP) is 4.55. The van der Waals surface area contributed by atoms with Crippen LogP contribution in [0.15, 0.2) is 42.6 Å². The standard InChI is InChI=1S/C22H28FN3/c1-17-8-9-18(13-24-17)14-25-11-5-10-22(25)15-21(2,3)26(16-22)20-7-4-6-19(23)12-20/h4,6-9,12-13H,5,10-11,14-16H2,1-3H3. The minimum absolute atomic E-state index is 0.0158. The number of likely N-dealkylation sites (tertiary alicyclic amines) is 1. The molecule has 0 N–H and O–H groups in total. The maximum absolute atomic E-state index is 13.8. The minimum atomic E-state index is -0.159. The fourth-order valence-electron chi connectivity index (χ4n) is 4.98. The van der Waals surface area contributed by atoms with Gasteiger partial charge in [0.2, 0.25) is 0 Å². The highest BCUT2D eigenvalue weighted by Crippen LogP contribution is 2.47. The maximum Gasteiger partial charge on any atom is 0.125 e. The molecule has 2 aliphatic heterocycles. The van der Waals surface area contributed by atoms with Crippen LogP contribution in [-0.4, -0.2) is 34.1 Å². The summed E-state index contributed by atoms with van der Waals surface area (Å²) < 4.78 is 13.8. The summed E-state index contributed by atoms with van der Waals surface area (Å²) in [6.45, 7) is 9.63. The van der Waals surface area contributed by atoms with Crippen molar-refractivity contribution in [3.05, 3.63) is 59.7 Å². The van der Waals surface area contributed by atoms with E-state index in [9.17, 15) is 4.39 Å². The van der Waals surface area contributed by atoms with E-state index in [0.717, 1.165) is 37.4 Å². The van der Waals surface area contributed by atoms with Crippen molar-refractivity contribution in [1.82, 2.24) is 9.88 Å². The summed E-state index contributed by atoms with van der Waals surface area (Å²) in [7, 11) is 0. The molecular formula is C22H28FN3. The van der Waals surface area contributed by atoms with Gasteiger partial charge in [-0.3, -0.25) is 9.88 Å². The fourth-order valence-corrected chi connectivity index (χ4v) is 4.98. The fraction of sp³-hybridized carbons (Fsp3) is 0.500. The Morgan fingerprint density at radius 2 is 2.04 bits per heavy atom. The Morgan fingerprint density at radius 3 is 2.77 bits per heavy atom. The number of pyridine rings is 1. The van der Waals surface area contributed by atoms with E-state index in [2.05, 4.69) is 40.8 Å². The Bertz CT molecular complexity index is 786. The van der Waals surface area contributed by atoms with E-state index in [4.69, 9.17) is 0 Å². The molecule has 26 heavy (non-hydrogen) atoms. The summed E-state index contributed by atoms with van der Waals surface area (Å²) >= 11 is 0. The number of rotatable bonds is 3. The molecule has 2 aliphatic rings. The molecule has 1 atom stereocenters. The molecule has 2 aromatic rings. The summed E-state index contributed by atoms with van der Waals surface area (Å²) in [6, 6.07) is 11.3. The van der Waals surface area contributed by atoms with E-state index < -0.39 is 0 Å². The first kappa shape index (κ1) is 17.5. The Hall–Kier alpha value is -1.94. The van der Waals surface area contributed by atoms with Gasteiger partial charge in [0.1, 0.15) is 5.82 Å². The molecule has 0 bridgehead atoms. The van der Waals surface area contributed by atoms with Crippen molar-refractivity contribution in [2.45, 2.75) is 57.7 Å². The molecule has 1 spiro atoms. The summed E-state index contributed by atoms with van der Waals surface area (Å²) in [5.74, 6) is -0.159. The van der Waals surface area contributed by atoms with Crippen LogP contribution in [0, 0.1) is 12.7 Å². The Morgan fingerprint density at radius 1 is 1.19 bits per heavy atom. The maximum atomic E-state index is 13.8. The third-order valence-electron chi connectivity index (χ3n) is 6.15. The first-order valence-corrected chi connectivity index (χ1v) is 9.58. The second-order valence-electron chi connectivity index (χ2n) is 8.61. The topological polar surface area (TPSA) is 19.4 Å². The molecule has 3 heterocycles. The predicted molar refractivity (Wildman–Crippen MR) is 104 cm³/mol. The van der Waals surface area contributed by atoms with Gasteiger partial charge in [0, 0.05) is 41.7 Å². The van der Waals surface area contributed by atoms with Crippen molar-refractivity contribution in [1.29, 1.82) is 0 Å². The number of aryl methyl sites for hydroxylation is 1. The molecule has 1 aromatic carbocycles. The SMILES string of the molecule is Cc1ccc(CN2CCCC23CN(c2cccc(F)c2)C(C)(C)C3)cn1. The third kappa shape index (κ3) is 3.11. The van der Waals surface area contributed by atoms with Gasteiger partial charge in [0.15, 0.2) is 0 Å². The second-order valence-corrected chi connectivity index (χ2v) is 8.61. The van der Waals surface area contributed by atoms with E-state index in [1.165, 1.54) is 24.5 Å². The van der Waals surface area contributed by atoms with E-state index in [1.807, 2.05) is 25.3 Å². The summed E-state index contributed by atoms with van der Waals surface area (Å²) in [5, 5.41) is 0. The van der Waals surface area contributed by atoms with E-state index in [0.29, 0.717) is 0 Å². The quantitative estimate of drug-likeness (QED) is 0.807. The van der Waals surface area contributed by atoms with Crippen LogP contribution in [0.1, 0.15) is 44.4 Å². The molecule has 138 valence electrons. The molecule has 1 unspecified atom stereocenters. The summed E-state index contributed by atoms with van der Waals surface area (Å²) in [6.07, 6.45) is 5.55. The normalized spacial score (nSPS) is 25.3. The second kappa shape index (κ2) is 6.34. The zero-order chi connectivity index (χ0) is 18.4. The molecule has 4 heteroatoms. The lowest BCUT2D eigenvalue weighted by Gasteiger charge is -2.35. The van der Waals surface area contributed by atoms with Crippen molar-refractivity contribution in [3.8, 4) is 0 Å². The molecule has 3 nitrogen and oxygen atoms in total. The average molecular weight is 353 g/mol. The van der Waals surface area contributed by atoms with Gasteiger partial charge in [0.25, 0.3) is 0 Å². The Kier molecular flexibility index (Phi) is 4.26. The van der Waals surface area contributed by atoms with Crippen molar-refractivity contribution in [3.63, 3.8) is 0 Å². The zero-order valence-electron chi connectivity index (χ0n) is 16.0. The molecular weight excluding hydrogens is 325 g/mol. The van der Waals surface area contributed by atoms with Crippen LogP contribution in [0.2, 0.25) is 0 Å². The number of anilines is 1. The number of benzene rings is 1. The van der Waals surface area contributed by atoms with Crippen molar-refractivity contribution >= 4 is 5.69 Å². The lowest BCUT2D eigenvalue weighted by atomic mass is 9.87. The Labute approximate surface area is 155 Å². The zero-order valence-corrected chi connectivity index (χ0v) is 16.0. The molecule has 0 amide bonds. The van der Waals surface area contributed by atoms with Gasteiger partial charge in [0.05, 0.1) is 0 Å². The van der Waals surface area contributed by atoms with Crippen molar-refractivity contribution in [2.75, 3.05) is 18.0 Å². The highest BCUT2D eigenvalue weighted by molar-refractivity contribution is 5.52. The molecule has 0 radical (unpaired) electrons. The highest BCUT2D eigenvalue weighted by Gasteiger charge is 2.53. The molecule has 2 saturated heterocycles. The van der Waals surface area contributed by atoms with Gasteiger partial charge in [-0.15, -0.1) is 0 Å². The van der Waals surface area contributed by atoms with Crippen LogP contribution in [0.3, 0.4) is 0 Å². The van der Waals surface area contributed by atoms with Crippen LogP contribution < -0.4 is 4.90 Å². The number of hydrogen-bond donors (Lipinski definition) is 0. The van der Waals surface area contributed by atoms with Crippen LogP contribution >= 0.6 is 0 Å². The lowest BCUT2D eigenvalue weighted by molar-refractivity contribution is 0.141. The van der Waals surface area contributed by atoms with E-state index in [-0.39, 0.29) is 16.9 Å². The molecule has 4 rings (SSSR count). The number of halogens is 1. The van der Waals surface area contributed by atoms with E-state index in [1.54, 1.807) is 6.07 Å². The first-order valence-electron chi connectivity index (χ1n) is 9.58. The lowest BCUT2D eigenvalue weighted by Crippen LogP contribution is -2.45. The molecule has 2 fully saturated rings. The number of aromatic nitrogens is 1. The number of hydrogen-bond acceptors (Lipinski definition) is 3. The van der Waals surface area contributed by atoms with Crippen molar-refractivity contribution in [2.24, 2.45) is 0 Å². The van der Waals surface area contributed by atoms with Crippen LogP contribution in [0.5, 0.6) is 0 Å². The monoisotopic (exact) mass is 353 g/mol. The Balaban J connectivity index is 1.60. The highest BCUT2D eigenvalue weighted by atomic mass is 19.1. The largest absolute Gasteiger partial charge is 0.364 e. The molecule has 0 aliphatic carbocycles. The summed E-state index contributed by atoms with van der Waals surface area (Å²) in [4.78, 5) is 9.50. The van der Waals surface area contributed by atoms with Crippen LogP contribution in [0.4, 0.5) is 10.1 Å². The molecule has 0 saturated carbocycles. The van der Waals surface area contributed by atoms with E-state index >= 15 is 0 Å². The smallest absolute Gasteiger partial charge is 0.125 e. The third-order valence-corrected chi connectivity index (χ3v) is 6.15. The average Bonchev–Trinajstić information content (AvgIpc) is 3.09. The minimum Gasteiger partial charge on any atom is -0.364 e. The van der Waals surface area contributed by atoms with Gasteiger partial charge in [-0.05, 0) is 76.4 Å². The van der Waals surface area contributed by atoms with Gasteiger partial charge in [-0.25, -0.2) is 4.39 Å². The van der Waals surface area contributed by atoms with Crippen LogP contribution in [0.25, 0.3) is 0 Å². The summed E-state index contributed by atoms with van der Waals surface area (Å²) in [5.41, 5.74) is 3.52. The van der Waals surface area contributed by atoms with Gasteiger partial charge >= 0.3 is 0 Å².